The van der Waals surface area contributed by atoms with Crippen LogP contribution >= 0.6 is 11.6 Å². The number of amides is 2. The van der Waals surface area contributed by atoms with Crippen LogP contribution < -0.4 is 15.4 Å². The highest BCUT2D eigenvalue weighted by atomic mass is 35.5. The first-order chi connectivity index (χ1) is 16.8. The number of nitrogens with one attached hydrogen (secondary N) is 2. The summed E-state index contributed by atoms with van der Waals surface area (Å²) in [4.78, 5) is 37.7. The molecule has 8 nitrogen and oxygen atoms in total. The molecule has 5 rings (SSSR count). The third-order valence-corrected chi connectivity index (χ3v) is 5.69. The van der Waals surface area contributed by atoms with Crippen molar-refractivity contribution in [1.82, 2.24) is 15.0 Å². The molecule has 0 saturated heterocycles. The van der Waals surface area contributed by atoms with Crippen molar-refractivity contribution in [3.05, 3.63) is 77.7 Å². The van der Waals surface area contributed by atoms with Gasteiger partial charge in [-0.15, -0.1) is 0 Å². The smallest absolute Gasteiger partial charge is 0.240 e. The zero-order valence-electron chi connectivity index (χ0n) is 17.9. The van der Waals surface area contributed by atoms with Crippen molar-refractivity contribution in [3.63, 3.8) is 0 Å². The fourth-order valence-corrected chi connectivity index (χ4v) is 3.58. The van der Waals surface area contributed by atoms with Crippen LogP contribution in [0, 0.1) is 17.0 Å². The number of ether oxygens (including phenoxy) is 1. The van der Waals surface area contributed by atoms with Crippen LogP contribution in [0.1, 0.15) is 12.8 Å². The number of carbonyl (C=O) groups excluding carboxylic acids is 2. The number of anilines is 2. The second-order valence-electron chi connectivity index (χ2n) is 7.92. The number of halogens is 3. The largest absolute Gasteiger partial charge is 0.452 e. The fraction of sp³-hybridized carbons (Fsp3) is 0.125. The van der Waals surface area contributed by atoms with Gasteiger partial charge in [0.1, 0.15) is 16.4 Å². The molecule has 176 valence electrons. The lowest BCUT2D eigenvalue weighted by Gasteiger charge is -2.16. The maximum Gasteiger partial charge on any atom is 0.240 e. The summed E-state index contributed by atoms with van der Waals surface area (Å²) in [5, 5.41) is 5.37. The number of hydrogen-bond acceptors (Lipinski definition) is 6. The van der Waals surface area contributed by atoms with Crippen molar-refractivity contribution >= 4 is 46.0 Å². The van der Waals surface area contributed by atoms with E-state index in [1.165, 1.54) is 54.9 Å². The number of nitrogens with zero attached hydrogens (tertiary/aromatic N) is 3. The zero-order chi connectivity index (χ0) is 24.6. The maximum absolute atomic E-state index is 14.8. The molecular weight excluding hydrogens is 480 g/mol. The zero-order valence-corrected chi connectivity index (χ0v) is 18.6. The fourth-order valence-electron chi connectivity index (χ4n) is 3.46. The molecule has 4 aromatic rings. The Hall–Kier alpha value is -4.18. The Morgan fingerprint density at radius 1 is 0.914 bits per heavy atom. The predicted molar refractivity (Wildman–Crippen MR) is 124 cm³/mol. The van der Waals surface area contributed by atoms with Crippen LogP contribution in [-0.2, 0) is 9.59 Å². The number of rotatable bonds is 6. The number of carbonyl (C=O) groups is 2. The van der Waals surface area contributed by atoms with Gasteiger partial charge in [0.25, 0.3) is 0 Å². The van der Waals surface area contributed by atoms with Crippen LogP contribution in [0.4, 0.5) is 20.2 Å². The van der Waals surface area contributed by atoms with Gasteiger partial charge in [-0.3, -0.25) is 9.59 Å². The summed E-state index contributed by atoms with van der Waals surface area (Å²) in [6, 6.07) is 10.6. The Morgan fingerprint density at radius 3 is 2.29 bits per heavy atom. The minimum Gasteiger partial charge on any atom is -0.452 e. The van der Waals surface area contributed by atoms with Crippen LogP contribution in [0.5, 0.6) is 11.5 Å². The van der Waals surface area contributed by atoms with E-state index in [1.54, 1.807) is 0 Å². The summed E-state index contributed by atoms with van der Waals surface area (Å²) >= 11 is 5.83. The summed E-state index contributed by atoms with van der Waals surface area (Å²) in [7, 11) is 0. The number of aromatic nitrogens is 3. The SMILES string of the molecule is O=C(Nc1ccc(F)cc1)C1(C(=O)Nc2ccc(Oc3ccnc4nc(Cl)cnc34)c(F)c2)CC1. The highest BCUT2D eigenvalue weighted by Gasteiger charge is 2.56. The van der Waals surface area contributed by atoms with Gasteiger partial charge in [0.15, 0.2) is 28.5 Å². The lowest BCUT2D eigenvalue weighted by Crippen LogP contribution is -2.35. The topological polar surface area (TPSA) is 106 Å². The van der Waals surface area contributed by atoms with Crippen LogP contribution in [0.25, 0.3) is 11.2 Å². The molecule has 2 heterocycles. The second-order valence-corrected chi connectivity index (χ2v) is 8.31. The van der Waals surface area contributed by atoms with Crippen molar-refractivity contribution in [2.45, 2.75) is 12.8 Å². The minimum atomic E-state index is -1.27. The molecule has 1 saturated carbocycles. The standard InChI is InChI=1S/C24H16ClF2N5O3/c25-19-12-29-20-18(7-10-28-21(20)32-19)35-17-6-5-15(11-16(17)27)31-23(34)24(8-9-24)22(33)30-14-3-1-13(26)2-4-14/h1-7,10-12H,8-9H2,(H,30,33)(H,31,34). The molecule has 0 bridgehead atoms. The van der Waals surface area contributed by atoms with Crippen LogP contribution in [-0.4, -0.2) is 26.8 Å². The van der Waals surface area contributed by atoms with Gasteiger partial charge in [-0.05, 0) is 49.2 Å². The highest BCUT2D eigenvalue weighted by Crippen LogP contribution is 2.47. The molecule has 1 aliphatic carbocycles. The molecular formula is C24H16ClF2N5O3. The number of pyridine rings is 1. The molecule has 11 heteroatoms. The van der Waals surface area contributed by atoms with Crippen LogP contribution in [0.2, 0.25) is 5.15 Å². The summed E-state index contributed by atoms with van der Waals surface area (Å²) in [6.45, 7) is 0. The molecule has 2 aromatic carbocycles. The normalized spacial score (nSPS) is 13.8. The third-order valence-electron chi connectivity index (χ3n) is 5.51. The molecule has 2 N–H and O–H groups in total. The Bertz CT molecular complexity index is 1460. The van der Waals surface area contributed by atoms with E-state index >= 15 is 0 Å². The maximum atomic E-state index is 14.8. The van der Waals surface area contributed by atoms with Crippen molar-refractivity contribution in [2.75, 3.05) is 10.6 Å². The van der Waals surface area contributed by atoms with Gasteiger partial charge in [0.05, 0.1) is 6.20 Å². The lowest BCUT2D eigenvalue weighted by atomic mass is 10.0. The number of hydrogen-bond donors (Lipinski definition) is 2. The van der Waals surface area contributed by atoms with Crippen molar-refractivity contribution in [2.24, 2.45) is 5.41 Å². The minimum absolute atomic E-state index is 0.109. The van der Waals surface area contributed by atoms with E-state index in [0.717, 1.165) is 6.07 Å². The van der Waals surface area contributed by atoms with E-state index in [2.05, 4.69) is 25.6 Å². The molecule has 35 heavy (non-hydrogen) atoms. The molecule has 0 spiro atoms. The van der Waals surface area contributed by atoms with Crippen LogP contribution in [0.3, 0.4) is 0 Å². The Kier molecular flexibility index (Phi) is 5.73. The molecule has 0 aliphatic heterocycles. The van der Waals surface area contributed by atoms with Crippen molar-refractivity contribution < 1.29 is 23.1 Å². The molecule has 1 fully saturated rings. The predicted octanol–water partition coefficient (Wildman–Crippen LogP) is 5.11. The van der Waals surface area contributed by atoms with Crippen molar-refractivity contribution in [3.8, 4) is 11.5 Å². The molecule has 1 aliphatic rings. The average Bonchev–Trinajstić information content (AvgIpc) is 3.65. The van der Waals surface area contributed by atoms with E-state index in [1.807, 2.05) is 0 Å². The molecule has 0 unspecified atom stereocenters. The van der Waals surface area contributed by atoms with Crippen molar-refractivity contribution in [1.29, 1.82) is 0 Å². The van der Waals surface area contributed by atoms with Gasteiger partial charge < -0.3 is 15.4 Å². The van der Waals surface area contributed by atoms with Crippen LogP contribution in [0.15, 0.2) is 60.9 Å². The second kappa shape index (κ2) is 8.88. The monoisotopic (exact) mass is 495 g/mol. The van der Waals surface area contributed by atoms with E-state index in [9.17, 15) is 18.4 Å². The summed E-state index contributed by atoms with van der Waals surface area (Å²) in [6.07, 6.45) is 3.44. The molecule has 0 atom stereocenters. The van der Waals surface area contributed by atoms with Gasteiger partial charge in [0.2, 0.25) is 11.8 Å². The number of benzene rings is 2. The Balaban J connectivity index is 1.29. The van der Waals surface area contributed by atoms with E-state index in [0.29, 0.717) is 24.0 Å². The molecule has 2 aromatic heterocycles. The summed E-state index contributed by atoms with van der Waals surface area (Å²) in [5.41, 5.74) is -0.189. The highest BCUT2D eigenvalue weighted by molar-refractivity contribution is 6.29. The number of fused-ring (bicyclic) bond motifs is 1. The van der Waals surface area contributed by atoms with E-state index < -0.39 is 28.9 Å². The van der Waals surface area contributed by atoms with Gasteiger partial charge in [-0.25, -0.2) is 23.7 Å². The Labute approximate surface area is 202 Å². The summed E-state index contributed by atoms with van der Waals surface area (Å²) < 4.78 is 33.5. The quantitative estimate of drug-likeness (QED) is 0.360. The van der Waals surface area contributed by atoms with E-state index in [4.69, 9.17) is 16.3 Å². The first kappa shape index (κ1) is 22.6. The third kappa shape index (κ3) is 4.60. The average molecular weight is 496 g/mol. The van der Waals surface area contributed by atoms with Gasteiger partial charge in [-0.2, -0.15) is 0 Å². The Morgan fingerprint density at radius 2 is 1.60 bits per heavy atom. The van der Waals surface area contributed by atoms with Gasteiger partial charge in [0, 0.05) is 29.7 Å². The van der Waals surface area contributed by atoms with Gasteiger partial charge in [-0.1, -0.05) is 11.6 Å². The van der Waals surface area contributed by atoms with E-state index in [-0.39, 0.29) is 28.0 Å². The van der Waals surface area contributed by atoms with Gasteiger partial charge >= 0.3 is 0 Å². The lowest BCUT2D eigenvalue weighted by molar-refractivity contribution is -0.131. The first-order valence-corrected chi connectivity index (χ1v) is 10.8. The first-order valence-electron chi connectivity index (χ1n) is 10.5. The summed E-state index contributed by atoms with van der Waals surface area (Å²) in [5.74, 6) is -2.13. The molecule has 2 amide bonds. The molecule has 0 radical (unpaired) electrons.